The third-order valence-corrected chi connectivity index (χ3v) is 2.51. The van der Waals surface area contributed by atoms with Crippen molar-refractivity contribution in [2.24, 2.45) is 5.10 Å². The van der Waals surface area contributed by atoms with Gasteiger partial charge in [-0.1, -0.05) is 23.2 Å². The molecule has 4 N–H and O–H groups in total. The molecule has 0 spiro atoms. The lowest BCUT2D eigenvalue weighted by atomic mass is 10.2. The number of nitrogens with one attached hydrogen (secondary N) is 1. The molecule has 2 rings (SSSR count). The summed E-state index contributed by atoms with van der Waals surface area (Å²) in [6.45, 7) is 0. The molecule has 18 heavy (non-hydrogen) atoms. The standard InChI is InChI=1S/C9H8Cl2N6O/c10-6-1-5(8(18)7(11)2-6)3-13-15-9-16-14-4-17(9)12/h1-4,18H,12H2,(H,15,16)/b13-3-. The Hall–Kier alpha value is -1.99. The molecule has 0 bridgehead atoms. The van der Waals surface area contributed by atoms with E-state index in [2.05, 4.69) is 20.7 Å². The summed E-state index contributed by atoms with van der Waals surface area (Å²) in [7, 11) is 0. The molecule has 0 aliphatic rings. The van der Waals surface area contributed by atoms with E-state index in [4.69, 9.17) is 29.0 Å². The van der Waals surface area contributed by atoms with Crippen LogP contribution < -0.4 is 11.3 Å². The number of halogens is 2. The van der Waals surface area contributed by atoms with E-state index in [9.17, 15) is 5.11 Å². The van der Waals surface area contributed by atoms with Crippen molar-refractivity contribution in [1.82, 2.24) is 14.9 Å². The number of phenols is 1. The first-order valence-corrected chi connectivity index (χ1v) is 5.45. The van der Waals surface area contributed by atoms with E-state index in [0.717, 1.165) is 4.68 Å². The maximum Gasteiger partial charge on any atom is 0.263 e. The fourth-order valence-electron chi connectivity index (χ4n) is 1.17. The predicted octanol–water partition coefficient (Wildman–Crippen LogP) is 1.45. The second kappa shape index (κ2) is 5.11. The number of nitrogens with zero attached hydrogens (tertiary/aromatic N) is 4. The monoisotopic (exact) mass is 286 g/mol. The molecular weight excluding hydrogens is 279 g/mol. The van der Waals surface area contributed by atoms with Crippen LogP contribution in [0.5, 0.6) is 5.75 Å². The summed E-state index contributed by atoms with van der Waals surface area (Å²) in [5, 5.41) is 21.2. The van der Waals surface area contributed by atoms with Gasteiger partial charge in [-0.2, -0.15) is 5.10 Å². The molecule has 1 aromatic carbocycles. The van der Waals surface area contributed by atoms with Gasteiger partial charge in [0.2, 0.25) is 0 Å². The number of nitrogens with two attached hydrogens (primary N) is 1. The number of phenolic OH excluding ortho intramolecular Hbond substituents is 1. The highest BCUT2D eigenvalue weighted by atomic mass is 35.5. The second-order valence-corrected chi connectivity index (χ2v) is 4.10. The molecule has 7 nitrogen and oxygen atoms in total. The van der Waals surface area contributed by atoms with Gasteiger partial charge in [0.25, 0.3) is 5.95 Å². The van der Waals surface area contributed by atoms with E-state index < -0.39 is 0 Å². The van der Waals surface area contributed by atoms with Crippen molar-refractivity contribution < 1.29 is 5.11 Å². The van der Waals surface area contributed by atoms with E-state index in [0.29, 0.717) is 10.6 Å². The Labute approximate surface area is 112 Å². The molecule has 0 radical (unpaired) electrons. The number of nitrogen functional groups attached to an aromatic ring is 1. The number of hydrogen-bond donors (Lipinski definition) is 3. The lowest BCUT2D eigenvalue weighted by molar-refractivity contribution is 0.475. The number of hydrazone groups is 1. The Morgan fingerprint density at radius 2 is 2.22 bits per heavy atom. The van der Waals surface area contributed by atoms with Crippen LogP contribution in [0.25, 0.3) is 0 Å². The summed E-state index contributed by atoms with van der Waals surface area (Å²) in [5.74, 6) is 5.60. The summed E-state index contributed by atoms with van der Waals surface area (Å²) in [6.07, 6.45) is 2.65. The zero-order valence-electron chi connectivity index (χ0n) is 8.88. The van der Waals surface area contributed by atoms with Gasteiger partial charge in [0.05, 0.1) is 11.2 Å². The van der Waals surface area contributed by atoms with Gasteiger partial charge in [-0.25, -0.2) is 10.1 Å². The Bertz CT molecular complexity index is 597. The minimum Gasteiger partial charge on any atom is -0.506 e. The van der Waals surface area contributed by atoms with E-state index in [-0.39, 0.29) is 16.7 Å². The molecule has 1 heterocycles. The van der Waals surface area contributed by atoms with Gasteiger partial charge in [0.15, 0.2) is 0 Å². The van der Waals surface area contributed by atoms with Crippen molar-refractivity contribution in [3.05, 3.63) is 34.1 Å². The number of hydrogen-bond acceptors (Lipinski definition) is 6. The van der Waals surface area contributed by atoms with Crippen molar-refractivity contribution >= 4 is 35.4 Å². The van der Waals surface area contributed by atoms with Crippen LogP contribution in [0.2, 0.25) is 10.0 Å². The molecule has 94 valence electrons. The van der Waals surface area contributed by atoms with Crippen molar-refractivity contribution in [3.8, 4) is 5.75 Å². The minimum absolute atomic E-state index is 0.110. The highest BCUT2D eigenvalue weighted by Gasteiger charge is 2.06. The fourth-order valence-corrected chi connectivity index (χ4v) is 1.68. The average molecular weight is 287 g/mol. The van der Waals surface area contributed by atoms with E-state index >= 15 is 0 Å². The molecule has 0 atom stereocenters. The van der Waals surface area contributed by atoms with Crippen LogP contribution in [0.1, 0.15) is 5.56 Å². The van der Waals surface area contributed by atoms with Gasteiger partial charge in [0.1, 0.15) is 12.1 Å². The molecule has 1 aromatic heterocycles. The first kappa shape index (κ1) is 12.5. The van der Waals surface area contributed by atoms with Gasteiger partial charge in [0, 0.05) is 10.6 Å². The number of aromatic nitrogens is 3. The van der Waals surface area contributed by atoms with Crippen LogP contribution in [0, 0.1) is 0 Å². The quantitative estimate of drug-likeness (QED) is 0.450. The third-order valence-electron chi connectivity index (χ3n) is 2.00. The maximum atomic E-state index is 9.67. The van der Waals surface area contributed by atoms with Gasteiger partial charge in [-0.15, -0.1) is 10.2 Å². The van der Waals surface area contributed by atoms with Crippen molar-refractivity contribution in [2.45, 2.75) is 0 Å². The van der Waals surface area contributed by atoms with Crippen molar-refractivity contribution in [1.29, 1.82) is 0 Å². The first-order chi connectivity index (χ1) is 8.58. The lowest BCUT2D eigenvalue weighted by Gasteiger charge is -2.02. The molecule has 0 aliphatic heterocycles. The highest BCUT2D eigenvalue weighted by Crippen LogP contribution is 2.29. The summed E-state index contributed by atoms with van der Waals surface area (Å²) in [6, 6.07) is 2.95. The number of anilines is 1. The molecule has 0 saturated carbocycles. The van der Waals surface area contributed by atoms with Crippen LogP contribution in [0.15, 0.2) is 23.6 Å². The van der Waals surface area contributed by atoms with Crippen LogP contribution in [0.4, 0.5) is 5.95 Å². The second-order valence-electron chi connectivity index (χ2n) is 3.26. The zero-order chi connectivity index (χ0) is 13.1. The number of benzene rings is 1. The summed E-state index contributed by atoms with van der Waals surface area (Å²) >= 11 is 11.6. The summed E-state index contributed by atoms with van der Waals surface area (Å²) < 4.78 is 1.15. The fraction of sp³-hybridized carbons (Fsp3) is 0. The Balaban J connectivity index is 2.17. The topological polar surface area (TPSA) is 101 Å². The van der Waals surface area contributed by atoms with Crippen molar-refractivity contribution in [3.63, 3.8) is 0 Å². The van der Waals surface area contributed by atoms with E-state index in [1.807, 2.05) is 0 Å². The SMILES string of the molecule is Nn1cnnc1N/N=C\c1cc(Cl)cc(Cl)c1O. The molecule has 0 fully saturated rings. The zero-order valence-corrected chi connectivity index (χ0v) is 10.4. The average Bonchev–Trinajstić information content (AvgIpc) is 2.71. The first-order valence-electron chi connectivity index (χ1n) is 4.70. The molecule has 2 aromatic rings. The largest absolute Gasteiger partial charge is 0.506 e. The summed E-state index contributed by atoms with van der Waals surface area (Å²) in [4.78, 5) is 0. The Kier molecular flexibility index (Phi) is 3.54. The Morgan fingerprint density at radius 3 is 2.89 bits per heavy atom. The summed E-state index contributed by atoms with van der Waals surface area (Å²) in [5.41, 5.74) is 2.91. The van der Waals surface area contributed by atoms with Crippen LogP contribution in [-0.2, 0) is 0 Å². The number of aromatic hydroxyl groups is 1. The van der Waals surface area contributed by atoms with E-state index in [1.54, 1.807) is 0 Å². The van der Waals surface area contributed by atoms with Crippen LogP contribution >= 0.6 is 23.2 Å². The van der Waals surface area contributed by atoms with Gasteiger partial charge in [-0.3, -0.25) is 0 Å². The molecule has 0 aliphatic carbocycles. The van der Waals surface area contributed by atoms with Crippen molar-refractivity contribution in [2.75, 3.05) is 11.3 Å². The number of rotatable bonds is 3. The van der Waals surface area contributed by atoms with Gasteiger partial charge < -0.3 is 10.9 Å². The molecule has 0 unspecified atom stereocenters. The predicted molar refractivity (Wildman–Crippen MR) is 69.5 cm³/mol. The smallest absolute Gasteiger partial charge is 0.263 e. The molecule has 9 heteroatoms. The lowest BCUT2D eigenvalue weighted by Crippen LogP contribution is -2.10. The van der Waals surface area contributed by atoms with Crippen LogP contribution in [-0.4, -0.2) is 26.2 Å². The molecule has 0 saturated heterocycles. The maximum absolute atomic E-state index is 9.67. The molecular formula is C9H8Cl2N6O. The van der Waals surface area contributed by atoms with Gasteiger partial charge in [-0.05, 0) is 12.1 Å². The Morgan fingerprint density at radius 1 is 1.44 bits per heavy atom. The normalized spacial score (nSPS) is 11.0. The van der Waals surface area contributed by atoms with Crippen LogP contribution in [0.3, 0.4) is 0 Å². The third kappa shape index (κ3) is 2.63. The molecule has 0 amide bonds. The highest BCUT2D eigenvalue weighted by molar-refractivity contribution is 6.36. The van der Waals surface area contributed by atoms with Gasteiger partial charge >= 0.3 is 0 Å². The van der Waals surface area contributed by atoms with E-state index in [1.165, 1.54) is 24.7 Å². The minimum atomic E-state index is -0.110.